The molecule has 3 rings (SSSR count). The van der Waals surface area contributed by atoms with Gasteiger partial charge in [-0.25, -0.2) is 4.98 Å². The van der Waals surface area contributed by atoms with E-state index in [-0.39, 0.29) is 5.84 Å². The van der Waals surface area contributed by atoms with E-state index in [0.29, 0.717) is 0 Å². The number of para-hydroxylation sites is 1. The van der Waals surface area contributed by atoms with Gasteiger partial charge in [0.2, 0.25) is 0 Å². The van der Waals surface area contributed by atoms with E-state index in [1.54, 1.807) is 0 Å². The second kappa shape index (κ2) is 4.64. The molecule has 1 aromatic heterocycles. The molecule has 1 aromatic carbocycles. The fraction of sp³-hybridized carbons (Fsp3) is 0.231. The molecule has 0 unspecified atom stereocenters. The molecule has 0 spiro atoms. The van der Waals surface area contributed by atoms with Gasteiger partial charge >= 0.3 is 0 Å². The summed E-state index contributed by atoms with van der Waals surface area (Å²) in [6, 6.07) is 7.66. The van der Waals surface area contributed by atoms with Gasteiger partial charge in [-0.3, -0.25) is 0 Å². The summed E-state index contributed by atoms with van der Waals surface area (Å²) in [4.78, 5) is 6.53. The zero-order valence-electron chi connectivity index (χ0n) is 10.4. The Balaban J connectivity index is 1.96. The van der Waals surface area contributed by atoms with E-state index in [9.17, 15) is 0 Å². The van der Waals surface area contributed by atoms with Crippen molar-refractivity contribution in [3.05, 3.63) is 48.0 Å². The van der Waals surface area contributed by atoms with Crippen molar-refractivity contribution >= 4 is 11.5 Å². The van der Waals surface area contributed by atoms with Crippen molar-refractivity contribution in [2.75, 3.05) is 11.4 Å². The SMILES string of the molecule is NC(=NO)c1ccccc1N1CCn2ccnc2C1. The minimum absolute atomic E-state index is 0.129. The Morgan fingerprint density at radius 2 is 2.16 bits per heavy atom. The number of oxime groups is 1. The average molecular weight is 257 g/mol. The van der Waals surface area contributed by atoms with Crippen LogP contribution in [0.2, 0.25) is 0 Å². The predicted octanol–water partition coefficient (Wildman–Crippen LogP) is 0.998. The van der Waals surface area contributed by atoms with Crippen LogP contribution in [0.1, 0.15) is 11.4 Å². The van der Waals surface area contributed by atoms with E-state index in [2.05, 4.69) is 19.6 Å². The molecule has 0 radical (unpaired) electrons. The van der Waals surface area contributed by atoms with Gasteiger partial charge in [-0.05, 0) is 12.1 Å². The third-order valence-corrected chi connectivity index (χ3v) is 3.37. The van der Waals surface area contributed by atoms with Crippen LogP contribution < -0.4 is 10.6 Å². The number of hydrogen-bond acceptors (Lipinski definition) is 4. The lowest BCUT2D eigenvalue weighted by atomic mass is 10.1. The number of nitrogens with zero attached hydrogens (tertiary/aromatic N) is 4. The maximum atomic E-state index is 8.86. The lowest BCUT2D eigenvalue weighted by Gasteiger charge is -2.30. The summed E-state index contributed by atoms with van der Waals surface area (Å²) in [5, 5.41) is 12.0. The molecule has 0 bridgehead atoms. The summed E-state index contributed by atoms with van der Waals surface area (Å²) in [7, 11) is 0. The van der Waals surface area contributed by atoms with Crippen molar-refractivity contribution in [3.8, 4) is 0 Å². The molecular formula is C13H15N5O. The molecule has 98 valence electrons. The van der Waals surface area contributed by atoms with Crippen molar-refractivity contribution in [1.82, 2.24) is 9.55 Å². The highest BCUT2D eigenvalue weighted by molar-refractivity contribution is 6.02. The first kappa shape index (κ1) is 11.6. The van der Waals surface area contributed by atoms with Crippen LogP contribution in [0.15, 0.2) is 41.8 Å². The van der Waals surface area contributed by atoms with E-state index >= 15 is 0 Å². The molecule has 0 amide bonds. The monoisotopic (exact) mass is 257 g/mol. The molecule has 6 heteroatoms. The van der Waals surface area contributed by atoms with E-state index in [1.165, 1.54) is 0 Å². The standard InChI is InChI=1S/C13H15N5O/c14-13(16-19)10-3-1-2-4-11(10)18-8-7-17-6-5-15-12(17)9-18/h1-6,19H,7-9H2,(H2,14,16). The molecule has 0 fully saturated rings. The Morgan fingerprint density at radius 3 is 3.00 bits per heavy atom. The molecule has 0 saturated carbocycles. The van der Waals surface area contributed by atoms with Gasteiger partial charge in [0.1, 0.15) is 5.82 Å². The number of fused-ring (bicyclic) bond motifs is 1. The average Bonchev–Trinajstić information content (AvgIpc) is 2.93. The van der Waals surface area contributed by atoms with Crippen molar-refractivity contribution in [2.24, 2.45) is 10.9 Å². The van der Waals surface area contributed by atoms with Crippen molar-refractivity contribution in [2.45, 2.75) is 13.1 Å². The summed E-state index contributed by atoms with van der Waals surface area (Å²) in [5.74, 6) is 1.16. The van der Waals surface area contributed by atoms with Crippen LogP contribution in [-0.2, 0) is 13.1 Å². The molecule has 1 aliphatic rings. The van der Waals surface area contributed by atoms with Crippen LogP contribution in [0, 0.1) is 0 Å². The first-order chi connectivity index (χ1) is 9.29. The third kappa shape index (κ3) is 2.01. The molecular weight excluding hydrogens is 242 g/mol. The Morgan fingerprint density at radius 1 is 1.32 bits per heavy atom. The van der Waals surface area contributed by atoms with Crippen LogP contribution in [0.4, 0.5) is 5.69 Å². The highest BCUT2D eigenvalue weighted by Gasteiger charge is 2.19. The summed E-state index contributed by atoms with van der Waals surface area (Å²) in [5.41, 5.74) is 7.43. The smallest absolute Gasteiger partial charge is 0.172 e. The lowest BCUT2D eigenvalue weighted by Crippen LogP contribution is -2.35. The van der Waals surface area contributed by atoms with Crippen LogP contribution in [-0.4, -0.2) is 27.1 Å². The van der Waals surface area contributed by atoms with Crippen LogP contribution in [0.3, 0.4) is 0 Å². The van der Waals surface area contributed by atoms with Gasteiger partial charge < -0.3 is 20.4 Å². The third-order valence-electron chi connectivity index (χ3n) is 3.37. The summed E-state index contributed by atoms with van der Waals surface area (Å²) in [6.45, 7) is 2.49. The van der Waals surface area contributed by atoms with E-state index in [0.717, 1.165) is 36.7 Å². The Labute approximate surface area is 110 Å². The van der Waals surface area contributed by atoms with Gasteiger partial charge in [0.05, 0.1) is 6.54 Å². The van der Waals surface area contributed by atoms with E-state index in [1.807, 2.05) is 36.7 Å². The minimum Gasteiger partial charge on any atom is -0.409 e. The van der Waals surface area contributed by atoms with Gasteiger partial charge in [-0.1, -0.05) is 17.3 Å². The minimum atomic E-state index is 0.129. The molecule has 6 nitrogen and oxygen atoms in total. The molecule has 2 aromatic rings. The summed E-state index contributed by atoms with van der Waals surface area (Å²) >= 11 is 0. The zero-order chi connectivity index (χ0) is 13.2. The first-order valence-corrected chi connectivity index (χ1v) is 6.11. The van der Waals surface area contributed by atoms with Gasteiger partial charge in [-0.15, -0.1) is 0 Å². The zero-order valence-corrected chi connectivity index (χ0v) is 10.4. The molecule has 1 aliphatic heterocycles. The number of imidazole rings is 1. The number of rotatable bonds is 2. The summed E-state index contributed by atoms with van der Waals surface area (Å²) < 4.78 is 2.14. The highest BCUT2D eigenvalue weighted by atomic mass is 16.4. The maximum absolute atomic E-state index is 8.86. The number of amidine groups is 1. The fourth-order valence-electron chi connectivity index (χ4n) is 2.40. The summed E-state index contributed by atoms with van der Waals surface area (Å²) in [6.07, 6.45) is 3.80. The lowest BCUT2D eigenvalue weighted by molar-refractivity contribution is 0.318. The molecule has 0 aliphatic carbocycles. The predicted molar refractivity (Wildman–Crippen MR) is 72.2 cm³/mol. The topological polar surface area (TPSA) is 79.7 Å². The van der Waals surface area contributed by atoms with Crippen molar-refractivity contribution < 1.29 is 5.21 Å². The Kier molecular flexibility index (Phi) is 2.83. The van der Waals surface area contributed by atoms with Crippen LogP contribution >= 0.6 is 0 Å². The van der Waals surface area contributed by atoms with E-state index in [4.69, 9.17) is 10.9 Å². The molecule has 0 saturated heterocycles. The van der Waals surface area contributed by atoms with Crippen LogP contribution in [0.25, 0.3) is 0 Å². The van der Waals surface area contributed by atoms with Gasteiger partial charge in [0.25, 0.3) is 0 Å². The number of anilines is 1. The van der Waals surface area contributed by atoms with Gasteiger partial charge in [0, 0.05) is 36.7 Å². The number of hydrogen-bond donors (Lipinski definition) is 2. The normalized spacial score (nSPS) is 15.4. The molecule has 0 atom stereocenters. The number of nitrogens with two attached hydrogens (primary N) is 1. The number of benzene rings is 1. The first-order valence-electron chi connectivity index (χ1n) is 6.11. The quantitative estimate of drug-likeness (QED) is 0.364. The number of aromatic nitrogens is 2. The molecule has 3 N–H and O–H groups in total. The van der Waals surface area contributed by atoms with E-state index < -0.39 is 0 Å². The fourth-order valence-corrected chi connectivity index (χ4v) is 2.40. The van der Waals surface area contributed by atoms with Crippen molar-refractivity contribution in [1.29, 1.82) is 0 Å². The van der Waals surface area contributed by atoms with Gasteiger partial charge in [-0.2, -0.15) is 0 Å². The van der Waals surface area contributed by atoms with Crippen molar-refractivity contribution in [3.63, 3.8) is 0 Å². The molecule has 19 heavy (non-hydrogen) atoms. The second-order valence-electron chi connectivity index (χ2n) is 4.46. The second-order valence-corrected chi connectivity index (χ2v) is 4.46. The van der Waals surface area contributed by atoms with Crippen LogP contribution in [0.5, 0.6) is 0 Å². The highest BCUT2D eigenvalue weighted by Crippen LogP contribution is 2.24. The maximum Gasteiger partial charge on any atom is 0.172 e. The van der Waals surface area contributed by atoms with Gasteiger partial charge in [0.15, 0.2) is 5.84 Å². The largest absolute Gasteiger partial charge is 0.409 e. The molecule has 2 heterocycles. The Hall–Kier alpha value is -2.50. The Bertz CT molecular complexity index is 619.